The second-order valence-corrected chi connectivity index (χ2v) is 11.7. The Balaban J connectivity index is 0.000000301. The molecule has 0 saturated carbocycles. The molecule has 0 saturated heterocycles. The van der Waals surface area contributed by atoms with E-state index in [1.807, 2.05) is 31.2 Å². The van der Waals surface area contributed by atoms with Gasteiger partial charge in [0.1, 0.15) is 5.60 Å². The largest absolute Gasteiger partial charge is 0.380 e. The molecule has 1 atom stereocenters. The van der Waals surface area contributed by atoms with Crippen LogP contribution in [0, 0.1) is 33.2 Å². The van der Waals surface area contributed by atoms with E-state index < -0.39 is 15.6 Å². The average Bonchev–Trinajstić information content (AvgIpc) is 3.37. The number of hydrogen-bond acceptors (Lipinski definition) is 6. The molecule has 0 bridgehead atoms. The number of benzene rings is 3. The highest BCUT2D eigenvalue weighted by molar-refractivity contribution is 14.1. The van der Waals surface area contributed by atoms with Crippen molar-refractivity contribution in [2.75, 3.05) is 0 Å². The van der Waals surface area contributed by atoms with Crippen LogP contribution < -0.4 is 0 Å². The zero-order chi connectivity index (χ0) is 26.6. The second-order valence-electron chi connectivity index (χ2n) is 8.70. The number of nitrogens with zero attached hydrogens (tertiary/aromatic N) is 4. The van der Waals surface area contributed by atoms with Gasteiger partial charge in [0.2, 0.25) is 0 Å². The monoisotopic (exact) mass is 622 g/mol. The van der Waals surface area contributed by atoms with Crippen molar-refractivity contribution in [1.82, 2.24) is 9.19 Å². The summed E-state index contributed by atoms with van der Waals surface area (Å²) in [5.74, 6) is 0. The molecule has 5 rings (SSSR count). The minimum absolute atomic E-state index is 0.153. The molecule has 186 valence electrons. The lowest BCUT2D eigenvalue weighted by Gasteiger charge is -2.32. The number of halogens is 1. The molecule has 0 fully saturated rings. The minimum Gasteiger partial charge on any atom is -0.380 e. The van der Waals surface area contributed by atoms with Gasteiger partial charge < -0.3 is 5.11 Å². The Morgan fingerprint density at radius 1 is 0.946 bits per heavy atom. The maximum atomic E-state index is 13.0. The molecule has 0 amide bonds. The highest BCUT2D eigenvalue weighted by atomic mass is 127. The summed E-state index contributed by atoms with van der Waals surface area (Å²) in [5.41, 5.74) is 2.56. The summed E-state index contributed by atoms with van der Waals surface area (Å²) in [7, 11) is -3.84. The van der Waals surface area contributed by atoms with Gasteiger partial charge in [0.25, 0.3) is 10.0 Å². The van der Waals surface area contributed by atoms with Gasteiger partial charge in [0, 0.05) is 15.3 Å². The molecule has 1 unspecified atom stereocenters. The molecule has 0 radical (unpaired) electrons. The molecule has 1 aromatic heterocycles. The van der Waals surface area contributed by atoms with Crippen LogP contribution in [-0.4, -0.2) is 22.7 Å². The van der Waals surface area contributed by atoms with Crippen LogP contribution in [0.3, 0.4) is 0 Å². The molecule has 1 N–H and O–H groups in total. The van der Waals surface area contributed by atoms with Crippen LogP contribution in [0.4, 0.5) is 0 Å². The predicted molar refractivity (Wildman–Crippen MR) is 147 cm³/mol. The van der Waals surface area contributed by atoms with Crippen LogP contribution in [0.25, 0.3) is 0 Å². The fraction of sp³-hybridized carbons (Fsp3) is 0.179. The van der Waals surface area contributed by atoms with Crippen molar-refractivity contribution in [1.29, 1.82) is 10.5 Å². The summed E-state index contributed by atoms with van der Waals surface area (Å²) >= 11 is 2.20. The maximum absolute atomic E-state index is 13.0. The van der Waals surface area contributed by atoms with E-state index in [0.29, 0.717) is 41.6 Å². The maximum Gasteiger partial charge on any atom is 0.282 e. The number of fused-ring (bicyclic) bond motifs is 1. The fourth-order valence-electron chi connectivity index (χ4n) is 4.15. The molecular formula is C28H23IN4O3S. The third-order valence-corrected chi connectivity index (χ3v) is 8.46. The van der Waals surface area contributed by atoms with Crippen LogP contribution in [0.1, 0.15) is 46.4 Å². The highest BCUT2D eigenvalue weighted by Crippen LogP contribution is 2.40. The van der Waals surface area contributed by atoms with Crippen molar-refractivity contribution >= 4 is 32.6 Å². The quantitative estimate of drug-likeness (QED) is 0.320. The van der Waals surface area contributed by atoms with Gasteiger partial charge in [-0.3, -0.25) is 0 Å². The lowest BCUT2D eigenvalue weighted by Crippen LogP contribution is -2.31. The Morgan fingerprint density at radius 2 is 1.51 bits per heavy atom. The lowest BCUT2D eigenvalue weighted by molar-refractivity contribution is 0.0615. The molecule has 9 heteroatoms. The smallest absolute Gasteiger partial charge is 0.282 e. The molecule has 4 aromatic rings. The number of nitriles is 2. The highest BCUT2D eigenvalue weighted by Gasteiger charge is 2.39. The van der Waals surface area contributed by atoms with Crippen LogP contribution in [0.15, 0.2) is 83.9 Å². The Kier molecular flexibility index (Phi) is 7.79. The molecule has 1 aliphatic carbocycles. The number of hydrogen-bond donors (Lipinski definition) is 1. The predicted octanol–water partition coefficient (Wildman–Crippen LogP) is 5.04. The lowest BCUT2D eigenvalue weighted by atomic mass is 9.78. The van der Waals surface area contributed by atoms with Crippen LogP contribution in [-0.2, 0) is 22.0 Å². The zero-order valence-electron chi connectivity index (χ0n) is 20.0. The van der Waals surface area contributed by atoms with Gasteiger partial charge in [-0.05, 0) is 103 Å². The van der Waals surface area contributed by atoms with E-state index in [1.54, 1.807) is 48.5 Å². The van der Waals surface area contributed by atoms with Crippen LogP contribution >= 0.6 is 22.6 Å². The first-order valence-corrected chi connectivity index (χ1v) is 14.0. The molecule has 1 aliphatic rings. The van der Waals surface area contributed by atoms with E-state index in [2.05, 4.69) is 39.8 Å². The minimum atomic E-state index is -3.84. The standard InChI is InChI=1S/C21H19N3O3S.C7H4IN/c1-15-4-10-18(11-5-15)28(26,27)24-14-19-20(23-24)3-2-12-21(19,25)17-8-6-16(13-22)7-9-17;8-7-3-1-6(5-9)2-4-7/h4-11,14,25H,2-3,12H2,1H3;1-4H. The molecule has 3 aromatic carbocycles. The van der Waals surface area contributed by atoms with Gasteiger partial charge >= 0.3 is 0 Å². The van der Waals surface area contributed by atoms with Gasteiger partial charge in [-0.25, -0.2) is 0 Å². The van der Waals surface area contributed by atoms with E-state index in [9.17, 15) is 13.5 Å². The number of rotatable bonds is 3. The summed E-state index contributed by atoms with van der Waals surface area (Å²) in [6, 6.07) is 24.9. The summed E-state index contributed by atoms with van der Waals surface area (Å²) in [6.07, 6.45) is 3.17. The number of aryl methyl sites for hydroxylation is 2. The third kappa shape index (κ3) is 5.59. The number of aromatic nitrogens is 2. The van der Waals surface area contributed by atoms with Crippen molar-refractivity contribution in [3.63, 3.8) is 0 Å². The summed E-state index contributed by atoms with van der Waals surface area (Å²) in [5, 5.41) is 33.1. The van der Waals surface area contributed by atoms with Crippen molar-refractivity contribution in [2.45, 2.75) is 36.7 Å². The molecule has 0 spiro atoms. The number of aliphatic hydroxyl groups is 1. The second kappa shape index (κ2) is 10.9. The Hall–Kier alpha value is -3.51. The van der Waals surface area contributed by atoms with Crippen LogP contribution in [0.5, 0.6) is 0 Å². The van der Waals surface area contributed by atoms with E-state index in [0.717, 1.165) is 18.8 Å². The molecular weight excluding hydrogens is 599 g/mol. The summed E-state index contributed by atoms with van der Waals surface area (Å²) < 4.78 is 28.1. The molecule has 1 heterocycles. The van der Waals surface area contributed by atoms with Gasteiger partial charge in [-0.2, -0.15) is 28.1 Å². The van der Waals surface area contributed by atoms with Crippen molar-refractivity contribution in [2.24, 2.45) is 0 Å². The first kappa shape index (κ1) is 26.6. The zero-order valence-corrected chi connectivity index (χ0v) is 22.9. The SMILES string of the molecule is Cc1ccc(S(=O)(=O)n2cc3c(n2)CCCC3(O)c2ccc(C#N)cc2)cc1.N#Cc1ccc(I)cc1. The summed E-state index contributed by atoms with van der Waals surface area (Å²) in [4.78, 5) is 0.153. The molecule has 7 nitrogen and oxygen atoms in total. The fourth-order valence-corrected chi connectivity index (χ4v) is 5.66. The van der Waals surface area contributed by atoms with Crippen molar-refractivity contribution in [3.05, 3.63) is 116 Å². The Morgan fingerprint density at radius 3 is 2.08 bits per heavy atom. The third-order valence-electron chi connectivity index (χ3n) is 6.20. The van der Waals surface area contributed by atoms with E-state index >= 15 is 0 Å². The van der Waals surface area contributed by atoms with Crippen LogP contribution in [0.2, 0.25) is 0 Å². The average molecular weight is 622 g/mol. The van der Waals surface area contributed by atoms with E-state index in [4.69, 9.17) is 10.5 Å². The molecule has 37 heavy (non-hydrogen) atoms. The Labute approximate surface area is 229 Å². The van der Waals surface area contributed by atoms with Gasteiger partial charge in [0.05, 0.1) is 33.9 Å². The summed E-state index contributed by atoms with van der Waals surface area (Å²) in [6.45, 7) is 1.89. The topological polar surface area (TPSA) is 120 Å². The molecule has 0 aliphatic heterocycles. The normalized spacial score (nSPS) is 16.5. The van der Waals surface area contributed by atoms with Gasteiger partial charge in [-0.15, -0.1) is 0 Å². The van der Waals surface area contributed by atoms with Crippen molar-refractivity contribution in [3.8, 4) is 12.1 Å². The van der Waals surface area contributed by atoms with Gasteiger partial charge in [-0.1, -0.05) is 29.8 Å². The first-order chi connectivity index (χ1) is 17.7. The Bertz CT molecular complexity index is 1600. The first-order valence-electron chi connectivity index (χ1n) is 11.5. The van der Waals surface area contributed by atoms with E-state index in [-0.39, 0.29) is 4.90 Å². The van der Waals surface area contributed by atoms with E-state index in [1.165, 1.54) is 6.20 Å². The van der Waals surface area contributed by atoms with Gasteiger partial charge in [0.15, 0.2) is 0 Å². The van der Waals surface area contributed by atoms with Crippen molar-refractivity contribution < 1.29 is 13.5 Å².